The van der Waals surface area contributed by atoms with Gasteiger partial charge in [0.1, 0.15) is 17.3 Å². The summed E-state index contributed by atoms with van der Waals surface area (Å²) < 4.78 is 19.3. The van der Waals surface area contributed by atoms with Crippen molar-refractivity contribution in [3.63, 3.8) is 0 Å². The number of likely N-dealkylation sites (tertiary alicyclic amines) is 1. The number of nitrogens with zero attached hydrogens (tertiary/aromatic N) is 1. The molecular formula is C30H30FNO4. The summed E-state index contributed by atoms with van der Waals surface area (Å²) in [7, 11) is 0. The van der Waals surface area contributed by atoms with E-state index in [-0.39, 0.29) is 16.9 Å². The van der Waals surface area contributed by atoms with Crippen molar-refractivity contribution in [2.45, 2.75) is 38.6 Å². The number of Topliss-reactive ketones (excluding diaryl/α,β-unsaturated/α-hetero) is 1. The van der Waals surface area contributed by atoms with E-state index in [9.17, 15) is 19.1 Å². The van der Waals surface area contributed by atoms with Crippen molar-refractivity contribution >= 4 is 17.4 Å². The molecule has 36 heavy (non-hydrogen) atoms. The molecule has 0 bridgehead atoms. The molecule has 1 N–H and O–H groups in total. The molecule has 0 aliphatic carbocycles. The van der Waals surface area contributed by atoms with E-state index in [1.807, 2.05) is 54.6 Å². The average molecular weight is 488 g/mol. The van der Waals surface area contributed by atoms with Gasteiger partial charge in [0.2, 0.25) is 0 Å². The van der Waals surface area contributed by atoms with Crippen LogP contribution in [0.3, 0.4) is 0 Å². The van der Waals surface area contributed by atoms with Crippen LogP contribution in [0.2, 0.25) is 0 Å². The molecule has 1 fully saturated rings. The first kappa shape index (κ1) is 25.2. The van der Waals surface area contributed by atoms with Crippen molar-refractivity contribution in [1.82, 2.24) is 4.90 Å². The molecule has 186 valence electrons. The van der Waals surface area contributed by atoms with Gasteiger partial charge in [0.15, 0.2) is 0 Å². The van der Waals surface area contributed by atoms with Gasteiger partial charge in [-0.1, -0.05) is 62.2 Å². The molecule has 1 heterocycles. The second kappa shape index (κ2) is 11.7. The van der Waals surface area contributed by atoms with Crippen LogP contribution in [0.5, 0.6) is 5.75 Å². The van der Waals surface area contributed by atoms with Gasteiger partial charge in [-0.2, -0.15) is 0 Å². The summed E-state index contributed by atoms with van der Waals surface area (Å²) in [5, 5.41) is 11.1. The Labute approximate surface area is 210 Å². The number of ketones is 1. The third-order valence-corrected chi connectivity index (χ3v) is 6.35. The van der Waals surface area contributed by atoms with E-state index in [1.165, 1.54) is 29.2 Å². The summed E-state index contributed by atoms with van der Waals surface area (Å²) in [6.07, 6.45) is 3.73. The highest BCUT2D eigenvalue weighted by Crippen LogP contribution is 2.40. The standard InChI is InChI=1S/C30H30FNO4/c1-2-3-7-20-36-25-16-12-22(13-17-25)27-26(28(33)23-10-14-24(31)15-11-23)29(34)30(35)32(27)19-18-21-8-5-4-6-9-21/h4-6,8-17,27,33H,2-3,7,18-20H2,1H3/b28-26+. The Balaban J connectivity index is 1.68. The van der Waals surface area contributed by atoms with Gasteiger partial charge in [0.05, 0.1) is 18.2 Å². The normalized spacial score (nSPS) is 16.9. The molecule has 1 aliphatic rings. The first-order valence-corrected chi connectivity index (χ1v) is 12.3. The molecule has 6 heteroatoms. The minimum atomic E-state index is -0.770. The zero-order valence-corrected chi connectivity index (χ0v) is 20.3. The highest BCUT2D eigenvalue weighted by Gasteiger charge is 2.45. The maximum absolute atomic E-state index is 13.5. The Morgan fingerprint density at radius 2 is 1.64 bits per heavy atom. The first-order chi connectivity index (χ1) is 17.5. The van der Waals surface area contributed by atoms with Crippen LogP contribution >= 0.6 is 0 Å². The predicted molar refractivity (Wildman–Crippen MR) is 137 cm³/mol. The molecule has 0 saturated carbocycles. The fourth-order valence-electron chi connectivity index (χ4n) is 4.40. The summed E-state index contributed by atoms with van der Waals surface area (Å²) >= 11 is 0. The van der Waals surface area contributed by atoms with Crippen LogP contribution in [0.1, 0.15) is 48.9 Å². The molecule has 3 aromatic rings. The number of unbranched alkanes of at least 4 members (excludes halogenated alkanes) is 2. The number of benzene rings is 3. The van der Waals surface area contributed by atoms with Crippen LogP contribution in [0, 0.1) is 5.82 Å². The Bertz CT molecular complexity index is 1220. The Hall–Kier alpha value is -3.93. The molecule has 1 unspecified atom stereocenters. The molecule has 1 amide bonds. The molecular weight excluding hydrogens is 457 g/mol. The largest absolute Gasteiger partial charge is 0.507 e. The summed E-state index contributed by atoms with van der Waals surface area (Å²) in [4.78, 5) is 27.8. The fourth-order valence-corrected chi connectivity index (χ4v) is 4.40. The Morgan fingerprint density at radius 1 is 0.944 bits per heavy atom. The number of carbonyl (C=O) groups is 2. The number of hydrogen-bond donors (Lipinski definition) is 1. The number of halogens is 1. The van der Waals surface area contributed by atoms with E-state index in [0.717, 1.165) is 24.8 Å². The molecule has 5 nitrogen and oxygen atoms in total. The molecule has 1 saturated heterocycles. The third-order valence-electron chi connectivity index (χ3n) is 6.35. The number of rotatable bonds is 10. The van der Waals surface area contributed by atoms with E-state index in [1.54, 1.807) is 0 Å². The summed E-state index contributed by atoms with van der Waals surface area (Å²) in [5.74, 6) is -1.50. The molecule has 3 aromatic carbocycles. The van der Waals surface area contributed by atoms with Gasteiger partial charge < -0.3 is 14.7 Å². The summed E-state index contributed by atoms with van der Waals surface area (Å²) in [5.41, 5.74) is 1.99. The number of aliphatic hydroxyl groups excluding tert-OH is 1. The van der Waals surface area contributed by atoms with E-state index in [2.05, 4.69) is 6.92 Å². The van der Waals surface area contributed by atoms with Crippen LogP contribution in [-0.4, -0.2) is 34.8 Å². The highest BCUT2D eigenvalue weighted by atomic mass is 19.1. The summed E-state index contributed by atoms with van der Waals surface area (Å²) in [6.45, 7) is 3.05. The maximum atomic E-state index is 13.5. The van der Waals surface area contributed by atoms with Crippen molar-refractivity contribution in [2.75, 3.05) is 13.2 Å². The minimum Gasteiger partial charge on any atom is -0.507 e. The fraction of sp³-hybridized carbons (Fsp3) is 0.267. The van der Waals surface area contributed by atoms with Gasteiger partial charge in [0, 0.05) is 12.1 Å². The maximum Gasteiger partial charge on any atom is 0.295 e. The zero-order valence-electron chi connectivity index (χ0n) is 20.3. The van der Waals surface area contributed by atoms with E-state index in [0.29, 0.717) is 30.9 Å². The molecule has 1 atom stereocenters. The lowest BCUT2D eigenvalue weighted by Crippen LogP contribution is -2.31. The lowest BCUT2D eigenvalue weighted by Gasteiger charge is -2.25. The van der Waals surface area contributed by atoms with Crippen molar-refractivity contribution in [1.29, 1.82) is 0 Å². The van der Waals surface area contributed by atoms with Crippen LogP contribution in [0.15, 0.2) is 84.4 Å². The second-order valence-corrected chi connectivity index (χ2v) is 8.86. The predicted octanol–water partition coefficient (Wildman–Crippen LogP) is 6.06. The topological polar surface area (TPSA) is 66.8 Å². The molecule has 4 rings (SSSR count). The lowest BCUT2D eigenvalue weighted by molar-refractivity contribution is -0.139. The van der Waals surface area contributed by atoms with Crippen LogP contribution < -0.4 is 4.74 Å². The Kier molecular flexibility index (Phi) is 8.16. The van der Waals surface area contributed by atoms with Gasteiger partial charge in [-0.25, -0.2) is 4.39 Å². The Morgan fingerprint density at radius 3 is 2.31 bits per heavy atom. The van der Waals surface area contributed by atoms with E-state index >= 15 is 0 Å². The minimum absolute atomic E-state index is 0.00344. The van der Waals surface area contributed by atoms with Crippen molar-refractivity contribution in [3.8, 4) is 5.75 Å². The second-order valence-electron chi connectivity index (χ2n) is 8.86. The number of hydrogen-bond acceptors (Lipinski definition) is 4. The van der Waals surface area contributed by atoms with Gasteiger partial charge in [0.25, 0.3) is 11.7 Å². The third kappa shape index (κ3) is 5.65. The number of ether oxygens (including phenoxy) is 1. The number of aliphatic hydroxyl groups is 1. The average Bonchev–Trinajstić information content (AvgIpc) is 3.16. The van der Waals surface area contributed by atoms with Gasteiger partial charge >= 0.3 is 0 Å². The lowest BCUT2D eigenvalue weighted by atomic mass is 9.95. The van der Waals surface area contributed by atoms with Gasteiger partial charge in [-0.15, -0.1) is 0 Å². The SMILES string of the molecule is CCCCCOc1ccc(C2/C(=C(\O)c3ccc(F)cc3)C(=O)C(=O)N2CCc2ccccc2)cc1. The molecule has 0 aromatic heterocycles. The monoisotopic (exact) mass is 487 g/mol. The van der Waals surface area contributed by atoms with E-state index in [4.69, 9.17) is 4.74 Å². The van der Waals surface area contributed by atoms with Crippen LogP contribution in [0.25, 0.3) is 5.76 Å². The number of carbonyl (C=O) groups excluding carboxylic acids is 2. The summed E-state index contributed by atoms with van der Waals surface area (Å²) in [6, 6.07) is 21.4. The zero-order chi connectivity index (χ0) is 25.5. The van der Waals surface area contributed by atoms with Gasteiger partial charge in [-0.3, -0.25) is 9.59 Å². The molecule has 1 aliphatic heterocycles. The van der Waals surface area contributed by atoms with Crippen molar-refractivity contribution in [2.24, 2.45) is 0 Å². The molecule has 0 radical (unpaired) electrons. The molecule has 0 spiro atoms. The van der Waals surface area contributed by atoms with Crippen LogP contribution in [0.4, 0.5) is 4.39 Å². The van der Waals surface area contributed by atoms with Gasteiger partial charge in [-0.05, 0) is 60.4 Å². The highest BCUT2D eigenvalue weighted by molar-refractivity contribution is 6.46. The number of amides is 1. The smallest absolute Gasteiger partial charge is 0.295 e. The van der Waals surface area contributed by atoms with Crippen molar-refractivity contribution < 1.29 is 23.8 Å². The van der Waals surface area contributed by atoms with Crippen molar-refractivity contribution in [3.05, 3.63) is 107 Å². The first-order valence-electron chi connectivity index (χ1n) is 12.3. The quantitative estimate of drug-likeness (QED) is 0.163. The van der Waals surface area contributed by atoms with E-state index < -0.39 is 23.5 Å². The van der Waals surface area contributed by atoms with Crippen LogP contribution in [-0.2, 0) is 16.0 Å².